The van der Waals surface area contributed by atoms with E-state index in [1.54, 1.807) is 6.92 Å². The zero-order chi connectivity index (χ0) is 8.27. The summed E-state index contributed by atoms with van der Waals surface area (Å²) in [6.45, 7) is 4.01. The lowest BCUT2D eigenvalue weighted by Crippen LogP contribution is -2.22. The maximum absolute atomic E-state index is 11.0. The molecule has 1 rings (SSSR count). The first-order chi connectivity index (χ1) is 5.24. The zero-order valence-electron chi connectivity index (χ0n) is 6.42. The van der Waals surface area contributed by atoms with Crippen LogP contribution in [0.25, 0.3) is 0 Å². The fraction of sp³-hybridized carbons (Fsp3) is 0.500. The van der Waals surface area contributed by atoms with Gasteiger partial charge in [0.15, 0.2) is 0 Å². The maximum Gasteiger partial charge on any atom is 0.308 e. The van der Waals surface area contributed by atoms with E-state index in [-0.39, 0.29) is 11.8 Å². The van der Waals surface area contributed by atoms with Gasteiger partial charge in [-0.3, -0.25) is 4.79 Å². The van der Waals surface area contributed by atoms with Gasteiger partial charge in [0.2, 0.25) is 5.89 Å². The molecule has 0 aliphatic carbocycles. The third-order valence-electron chi connectivity index (χ3n) is 1.06. The lowest BCUT2D eigenvalue weighted by Gasteiger charge is -1.93. The summed E-state index contributed by atoms with van der Waals surface area (Å²) in [6, 6.07) is 0. The Bertz CT molecular complexity index is 256. The summed E-state index contributed by atoms with van der Waals surface area (Å²) in [4.78, 5) is 11.0. The number of amides is 1. The van der Waals surface area contributed by atoms with Gasteiger partial charge in [-0.05, 0) is 6.92 Å². The van der Waals surface area contributed by atoms with E-state index < -0.39 is 0 Å². The molecular weight excluding hydrogens is 146 g/mol. The van der Waals surface area contributed by atoms with Crippen LogP contribution in [0.1, 0.15) is 23.5 Å². The smallest absolute Gasteiger partial charge is 0.308 e. The lowest BCUT2D eigenvalue weighted by molar-refractivity contribution is 0.0920. The van der Waals surface area contributed by atoms with Gasteiger partial charge in [-0.1, -0.05) is 0 Å². The van der Waals surface area contributed by atoms with Crippen molar-refractivity contribution in [3.05, 3.63) is 11.8 Å². The van der Waals surface area contributed by atoms with Crippen molar-refractivity contribution in [2.24, 2.45) is 0 Å². The van der Waals surface area contributed by atoms with E-state index in [2.05, 4.69) is 15.5 Å². The number of carbonyl (C=O) groups excluding carboxylic acids is 1. The van der Waals surface area contributed by atoms with E-state index in [9.17, 15) is 4.79 Å². The fourth-order valence-electron chi connectivity index (χ4n) is 0.624. The first-order valence-corrected chi connectivity index (χ1v) is 3.32. The van der Waals surface area contributed by atoms with Crippen molar-refractivity contribution < 1.29 is 9.21 Å². The van der Waals surface area contributed by atoms with Gasteiger partial charge in [0.25, 0.3) is 0 Å². The molecule has 1 aromatic rings. The molecule has 0 saturated heterocycles. The average molecular weight is 155 g/mol. The second kappa shape index (κ2) is 3.14. The van der Waals surface area contributed by atoms with Crippen molar-refractivity contribution in [3.8, 4) is 0 Å². The van der Waals surface area contributed by atoms with Crippen LogP contribution in [0.4, 0.5) is 0 Å². The van der Waals surface area contributed by atoms with Gasteiger partial charge in [0.1, 0.15) is 0 Å². The Balaban J connectivity index is 2.69. The van der Waals surface area contributed by atoms with Crippen LogP contribution < -0.4 is 5.32 Å². The van der Waals surface area contributed by atoms with Crippen molar-refractivity contribution in [3.63, 3.8) is 0 Å². The van der Waals surface area contributed by atoms with Crippen LogP contribution in [-0.2, 0) is 0 Å². The Labute approximate surface area is 63.8 Å². The summed E-state index contributed by atoms with van der Waals surface area (Å²) < 4.78 is 4.86. The minimum atomic E-state index is -0.326. The number of nitrogens with zero attached hydrogens (tertiary/aromatic N) is 2. The van der Waals surface area contributed by atoms with Gasteiger partial charge < -0.3 is 9.73 Å². The molecule has 0 aliphatic rings. The molecule has 1 heterocycles. The minimum absolute atomic E-state index is 0.0179. The highest BCUT2D eigenvalue weighted by atomic mass is 16.4. The lowest BCUT2D eigenvalue weighted by atomic mass is 10.6. The summed E-state index contributed by atoms with van der Waals surface area (Å²) in [6.07, 6.45) is 0. The van der Waals surface area contributed by atoms with Crippen LogP contribution in [0.5, 0.6) is 0 Å². The number of hydrogen-bond acceptors (Lipinski definition) is 4. The third-order valence-corrected chi connectivity index (χ3v) is 1.06. The number of rotatable bonds is 2. The maximum atomic E-state index is 11.0. The number of hydrogen-bond donors (Lipinski definition) is 1. The monoisotopic (exact) mass is 155 g/mol. The Morgan fingerprint density at radius 1 is 1.64 bits per heavy atom. The SMILES string of the molecule is CCNC(=O)c1nnc(C)o1. The summed E-state index contributed by atoms with van der Waals surface area (Å²) in [5.41, 5.74) is 0. The molecular formula is C6H9N3O2. The predicted molar refractivity (Wildman–Crippen MR) is 37.0 cm³/mol. The van der Waals surface area contributed by atoms with Crippen molar-refractivity contribution in [1.82, 2.24) is 15.5 Å². The highest BCUT2D eigenvalue weighted by molar-refractivity contribution is 5.89. The Kier molecular flexibility index (Phi) is 2.20. The largest absolute Gasteiger partial charge is 0.417 e. The number of nitrogens with one attached hydrogen (secondary N) is 1. The third kappa shape index (κ3) is 1.76. The molecule has 1 amide bonds. The van der Waals surface area contributed by atoms with Crippen LogP contribution in [0.3, 0.4) is 0 Å². The highest BCUT2D eigenvalue weighted by Crippen LogP contribution is 1.96. The molecule has 0 aromatic carbocycles. The molecule has 0 unspecified atom stereocenters. The second-order valence-corrected chi connectivity index (χ2v) is 1.99. The average Bonchev–Trinajstić information content (AvgIpc) is 2.36. The van der Waals surface area contributed by atoms with E-state index in [1.807, 2.05) is 6.92 Å². The zero-order valence-corrected chi connectivity index (χ0v) is 6.42. The Hall–Kier alpha value is -1.39. The summed E-state index contributed by atoms with van der Waals surface area (Å²) >= 11 is 0. The quantitative estimate of drug-likeness (QED) is 0.659. The summed E-state index contributed by atoms with van der Waals surface area (Å²) in [7, 11) is 0. The van der Waals surface area contributed by atoms with Crippen molar-refractivity contribution in [2.75, 3.05) is 6.54 Å². The molecule has 0 atom stereocenters. The molecule has 0 spiro atoms. The van der Waals surface area contributed by atoms with Crippen LogP contribution in [-0.4, -0.2) is 22.6 Å². The summed E-state index contributed by atoms with van der Waals surface area (Å²) in [5.74, 6) is 0.0868. The fourth-order valence-corrected chi connectivity index (χ4v) is 0.624. The number of aromatic nitrogens is 2. The van der Waals surface area contributed by atoms with Crippen LogP contribution >= 0.6 is 0 Å². The molecule has 60 valence electrons. The van der Waals surface area contributed by atoms with E-state index in [0.29, 0.717) is 12.4 Å². The van der Waals surface area contributed by atoms with E-state index in [0.717, 1.165) is 0 Å². The van der Waals surface area contributed by atoms with Crippen LogP contribution in [0.2, 0.25) is 0 Å². The molecule has 0 fully saturated rings. The van der Waals surface area contributed by atoms with Gasteiger partial charge >= 0.3 is 11.8 Å². The molecule has 0 radical (unpaired) electrons. The van der Waals surface area contributed by atoms with Crippen molar-refractivity contribution in [1.29, 1.82) is 0 Å². The number of carbonyl (C=O) groups is 1. The van der Waals surface area contributed by atoms with Gasteiger partial charge in [0, 0.05) is 13.5 Å². The normalized spacial score (nSPS) is 9.64. The molecule has 11 heavy (non-hydrogen) atoms. The molecule has 1 aromatic heterocycles. The molecule has 0 bridgehead atoms. The standard InChI is InChI=1S/C6H9N3O2/c1-3-7-5(10)6-9-8-4(2)11-6/h3H2,1-2H3,(H,7,10). The summed E-state index contributed by atoms with van der Waals surface area (Å²) in [5, 5.41) is 9.59. The van der Waals surface area contributed by atoms with E-state index in [4.69, 9.17) is 4.42 Å². The topological polar surface area (TPSA) is 68.0 Å². The highest BCUT2D eigenvalue weighted by Gasteiger charge is 2.10. The molecule has 0 aliphatic heterocycles. The van der Waals surface area contributed by atoms with Gasteiger partial charge in [0.05, 0.1) is 0 Å². The minimum Gasteiger partial charge on any atom is -0.417 e. The van der Waals surface area contributed by atoms with Gasteiger partial charge in [-0.15, -0.1) is 10.2 Å². The van der Waals surface area contributed by atoms with Crippen LogP contribution in [0.15, 0.2) is 4.42 Å². The molecule has 0 saturated carbocycles. The molecule has 1 N–H and O–H groups in total. The van der Waals surface area contributed by atoms with E-state index >= 15 is 0 Å². The first kappa shape index (κ1) is 7.71. The van der Waals surface area contributed by atoms with Gasteiger partial charge in [-0.25, -0.2) is 0 Å². The number of aryl methyl sites for hydroxylation is 1. The van der Waals surface area contributed by atoms with E-state index in [1.165, 1.54) is 0 Å². The predicted octanol–water partition coefficient (Wildman–Crippen LogP) is 0.128. The van der Waals surface area contributed by atoms with Gasteiger partial charge in [-0.2, -0.15) is 0 Å². The Morgan fingerprint density at radius 3 is 2.82 bits per heavy atom. The van der Waals surface area contributed by atoms with Crippen LogP contribution in [0, 0.1) is 6.92 Å². The van der Waals surface area contributed by atoms with Crippen molar-refractivity contribution >= 4 is 5.91 Å². The first-order valence-electron chi connectivity index (χ1n) is 3.32. The Morgan fingerprint density at radius 2 is 2.36 bits per heavy atom. The van der Waals surface area contributed by atoms with Crippen molar-refractivity contribution in [2.45, 2.75) is 13.8 Å². The molecule has 5 heteroatoms. The molecule has 5 nitrogen and oxygen atoms in total. The second-order valence-electron chi connectivity index (χ2n) is 1.99.